The summed E-state index contributed by atoms with van der Waals surface area (Å²) in [7, 11) is 0. The first-order chi connectivity index (χ1) is 10.6. The summed E-state index contributed by atoms with van der Waals surface area (Å²) in [6.07, 6.45) is 3.38. The highest BCUT2D eigenvalue weighted by Gasteiger charge is 2.35. The normalized spacial score (nSPS) is 19.5. The van der Waals surface area contributed by atoms with Crippen LogP contribution >= 0.6 is 24.8 Å². The number of piperazine rings is 1. The molecule has 24 heavy (non-hydrogen) atoms. The zero-order valence-corrected chi connectivity index (χ0v) is 14.8. The van der Waals surface area contributed by atoms with Gasteiger partial charge in [-0.1, -0.05) is 6.42 Å². The van der Waals surface area contributed by atoms with Crippen molar-refractivity contribution >= 4 is 30.5 Å². The predicted molar refractivity (Wildman–Crippen MR) is 95.4 cm³/mol. The van der Waals surface area contributed by atoms with Crippen molar-refractivity contribution in [2.24, 2.45) is 5.92 Å². The van der Waals surface area contributed by atoms with Crippen molar-refractivity contribution in [2.45, 2.75) is 25.3 Å². The number of nitro groups is 1. The maximum absolute atomic E-state index is 11.1. The molecule has 0 amide bonds. The van der Waals surface area contributed by atoms with Gasteiger partial charge in [-0.3, -0.25) is 15.0 Å². The van der Waals surface area contributed by atoms with E-state index in [-0.39, 0.29) is 30.9 Å². The standard InChI is InChI=1S/C15H21N3O4.2ClH/c19-13-9-11(8-12(15(13)20)18(21)22)14(10-2-1-3-10)17-6-4-16-5-7-17;;/h8-10,14,16,19-20H,1-7H2;2*1H/t14-;;/m1../s1. The molecule has 0 aromatic heterocycles. The van der Waals surface area contributed by atoms with E-state index in [0.29, 0.717) is 5.92 Å². The summed E-state index contributed by atoms with van der Waals surface area (Å²) in [6, 6.07) is 2.97. The van der Waals surface area contributed by atoms with Crippen LogP contribution in [0.15, 0.2) is 12.1 Å². The molecule has 1 atom stereocenters. The number of nitrogens with zero attached hydrogens (tertiary/aromatic N) is 2. The molecule has 1 aromatic rings. The van der Waals surface area contributed by atoms with Crippen molar-refractivity contribution in [3.05, 3.63) is 27.8 Å². The van der Waals surface area contributed by atoms with E-state index in [2.05, 4.69) is 10.2 Å². The van der Waals surface area contributed by atoms with E-state index in [1.54, 1.807) is 0 Å². The maximum Gasteiger partial charge on any atom is 0.314 e. The topological polar surface area (TPSA) is 98.9 Å². The van der Waals surface area contributed by atoms with E-state index in [1.165, 1.54) is 18.6 Å². The summed E-state index contributed by atoms with van der Waals surface area (Å²) >= 11 is 0. The monoisotopic (exact) mass is 379 g/mol. The lowest BCUT2D eigenvalue weighted by molar-refractivity contribution is -0.386. The first-order valence-corrected chi connectivity index (χ1v) is 7.73. The van der Waals surface area contributed by atoms with Gasteiger partial charge >= 0.3 is 5.69 Å². The summed E-state index contributed by atoms with van der Waals surface area (Å²) in [5, 5.41) is 33.9. The van der Waals surface area contributed by atoms with Crippen LogP contribution in [0, 0.1) is 16.0 Å². The number of halogens is 2. The van der Waals surface area contributed by atoms with Gasteiger partial charge in [0.15, 0.2) is 5.75 Å². The van der Waals surface area contributed by atoms with Gasteiger partial charge in [-0.25, -0.2) is 0 Å². The molecule has 1 saturated heterocycles. The van der Waals surface area contributed by atoms with Crippen LogP contribution in [-0.2, 0) is 0 Å². The van der Waals surface area contributed by atoms with Crippen LogP contribution in [0.3, 0.4) is 0 Å². The second-order valence-electron chi connectivity index (χ2n) is 6.09. The smallest absolute Gasteiger partial charge is 0.314 e. The van der Waals surface area contributed by atoms with Gasteiger partial charge < -0.3 is 15.5 Å². The Morgan fingerprint density at radius 3 is 2.33 bits per heavy atom. The minimum Gasteiger partial charge on any atom is -0.504 e. The Morgan fingerprint density at radius 2 is 1.83 bits per heavy atom. The number of phenols is 2. The Hall–Kier alpha value is -1.28. The minimum atomic E-state index is -0.651. The molecule has 1 heterocycles. The fraction of sp³-hybridized carbons (Fsp3) is 0.600. The molecular formula is C15H23Cl2N3O4. The van der Waals surface area contributed by atoms with Crippen LogP contribution in [0.5, 0.6) is 11.5 Å². The average molecular weight is 380 g/mol. The Labute approximate surface area is 153 Å². The summed E-state index contributed by atoms with van der Waals surface area (Å²) in [5.74, 6) is -0.605. The second-order valence-corrected chi connectivity index (χ2v) is 6.09. The van der Waals surface area contributed by atoms with Gasteiger partial charge in [0.2, 0.25) is 5.75 Å². The van der Waals surface area contributed by atoms with Gasteiger partial charge in [-0.05, 0) is 30.4 Å². The molecular weight excluding hydrogens is 357 g/mol. The molecule has 1 aliphatic carbocycles. The predicted octanol–water partition coefficient (Wildman–Crippen LogP) is 2.60. The van der Waals surface area contributed by atoms with Crippen LogP contribution in [-0.4, -0.2) is 46.2 Å². The number of nitrogens with one attached hydrogen (secondary N) is 1. The van der Waals surface area contributed by atoms with Gasteiger partial charge in [-0.2, -0.15) is 0 Å². The zero-order valence-electron chi connectivity index (χ0n) is 13.2. The molecule has 0 unspecified atom stereocenters. The zero-order chi connectivity index (χ0) is 15.7. The number of hydrogen-bond donors (Lipinski definition) is 3. The van der Waals surface area contributed by atoms with E-state index in [4.69, 9.17) is 0 Å². The van der Waals surface area contributed by atoms with E-state index in [0.717, 1.165) is 44.6 Å². The van der Waals surface area contributed by atoms with Gasteiger partial charge in [0.1, 0.15) is 0 Å². The van der Waals surface area contributed by atoms with E-state index in [9.17, 15) is 20.3 Å². The van der Waals surface area contributed by atoms with Crippen molar-refractivity contribution in [3.8, 4) is 11.5 Å². The van der Waals surface area contributed by atoms with Crippen LogP contribution in [0.2, 0.25) is 0 Å². The van der Waals surface area contributed by atoms with Gasteiger partial charge in [0.25, 0.3) is 0 Å². The van der Waals surface area contributed by atoms with Crippen LogP contribution in [0.4, 0.5) is 5.69 Å². The Morgan fingerprint density at radius 1 is 1.21 bits per heavy atom. The number of nitro benzene ring substituents is 1. The molecule has 0 radical (unpaired) electrons. The van der Waals surface area contributed by atoms with Crippen LogP contribution in [0.25, 0.3) is 0 Å². The lowest BCUT2D eigenvalue weighted by atomic mass is 9.76. The molecule has 0 spiro atoms. The highest BCUT2D eigenvalue weighted by molar-refractivity contribution is 5.85. The molecule has 7 nitrogen and oxygen atoms in total. The average Bonchev–Trinajstić information content (AvgIpc) is 2.46. The van der Waals surface area contributed by atoms with Crippen molar-refractivity contribution in [3.63, 3.8) is 0 Å². The minimum absolute atomic E-state index is 0. The molecule has 1 aliphatic heterocycles. The highest BCUT2D eigenvalue weighted by Crippen LogP contribution is 2.45. The quantitative estimate of drug-likeness (QED) is 0.422. The summed E-state index contributed by atoms with van der Waals surface area (Å²) in [5.41, 5.74) is 0.308. The van der Waals surface area contributed by atoms with Gasteiger partial charge in [0.05, 0.1) is 4.92 Å². The molecule has 1 saturated carbocycles. The molecule has 1 aromatic carbocycles. The van der Waals surface area contributed by atoms with Crippen molar-refractivity contribution in [1.82, 2.24) is 10.2 Å². The van der Waals surface area contributed by atoms with Crippen molar-refractivity contribution < 1.29 is 15.1 Å². The molecule has 2 aliphatic rings. The lowest BCUT2D eigenvalue weighted by Crippen LogP contribution is -2.47. The Bertz CT molecular complexity index is 578. The van der Waals surface area contributed by atoms with Crippen LogP contribution in [0.1, 0.15) is 30.9 Å². The highest BCUT2D eigenvalue weighted by atomic mass is 35.5. The van der Waals surface area contributed by atoms with Crippen molar-refractivity contribution in [2.75, 3.05) is 26.2 Å². The van der Waals surface area contributed by atoms with Gasteiger partial charge in [-0.15, -0.1) is 24.8 Å². The Kier molecular flexibility index (Phi) is 7.54. The maximum atomic E-state index is 11.1. The lowest BCUT2D eigenvalue weighted by Gasteiger charge is -2.43. The van der Waals surface area contributed by atoms with Gasteiger partial charge in [0, 0.05) is 38.3 Å². The number of benzene rings is 1. The Balaban J connectivity index is 0.00000144. The largest absolute Gasteiger partial charge is 0.504 e. The first kappa shape index (κ1) is 20.8. The summed E-state index contributed by atoms with van der Waals surface area (Å²) in [6.45, 7) is 3.57. The van der Waals surface area contributed by atoms with E-state index in [1.807, 2.05) is 0 Å². The molecule has 136 valence electrons. The molecule has 3 N–H and O–H groups in total. The third-order valence-corrected chi connectivity index (χ3v) is 4.77. The number of rotatable bonds is 4. The van der Waals surface area contributed by atoms with Crippen LogP contribution < -0.4 is 5.32 Å². The number of aromatic hydroxyl groups is 2. The number of phenolic OH excluding ortho intramolecular Hbond substituents is 2. The second kappa shape index (κ2) is 8.71. The van der Waals surface area contributed by atoms with Crippen molar-refractivity contribution in [1.29, 1.82) is 0 Å². The van der Waals surface area contributed by atoms with E-state index < -0.39 is 22.1 Å². The molecule has 3 rings (SSSR count). The van der Waals surface area contributed by atoms with E-state index >= 15 is 0 Å². The summed E-state index contributed by atoms with van der Waals surface area (Å²) in [4.78, 5) is 12.8. The third-order valence-electron chi connectivity index (χ3n) is 4.77. The molecule has 0 bridgehead atoms. The fourth-order valence-corrected chi connectivity index (χ4v) is 3.43. The third kappa shape index (κ3) is 4.03. The molecule has 9 heteroatoms. The fourth-order valence-electron chi connectivity index (χ4n) is 3.43. The SMILES string of the molecule is Cl.Cl.O=[N+]([O-])c1cc([C@@H](C2CCC2)N2CCNCC2)cc(O)c1O. The molecule has 2 fully saturated rings. The number of hydrogen-bond acceptors (Lipinski definition) is 6. The first-order valence-electron chi connectivity index (χ1n) is 7.73. The summed E-state index contributed by atoms with van der Waals surface area (Å²) < 4.78 is 0.